The second-order valence-electron chi connectivity index (χ2n) is 6.20. The summed E-state index contributed by atoms with van der Waals surface area (Å²) in [4.78, 5) is 0. The number of benzene rings is 2. The number of para-hydroxylation sites is 1. The molecular weight excluding hydrogens is 288 g/mol. The SMILES string of the molecule is OCCCC1CC(OCc2cccc(Oc3ccccc3)c2)C1. The maximum atomic E-state index is 8.84. The van der Waals surface area contributed by atoms with Crippen LogP contribution in [0.3, 0.4) is 0 Å². The molecule has 0 radical (unpaired) electrons. The minimum absolute atomic E-state index is 0.302. The number of ether oxygens (including phenoxy) is 2. The molecule has 0 saturated heterocycles. The Morgan fingerprint density at radius 3 is 2.52 bits per heavy atom. The molecule has 122 valence electrons. The van der Waals surface area contributed by atoms with Crippen LogP contribution in [0.1, 0.15) is 31.2 Å². The first kappa shape index (κ1) is 16.0. The van der Waals surface area contributed by atoms with Crippen LogP contribution in [0, 0.1) is 5.92 Å². The van der Waals surface area contributed by atoms with Crippen LogP contribution >= 0.6 is 0 Å². The summed E-state index contributed by atoms with van der Waals surface area (Å²) in [6, 6.07) is 17.9. The van der Waals surface area contributed by atoms with E-state index in [1.807, 2.05) is 48.5 Å². The fourth-order valence-corrected chi connectivity index (χ4v) is 2.96. The number of hydrogen-bond acceptors (Lipinski definition) is 3. The molecule has 3 rings (SSSR count). The van der Waals surface area contributed by atoms with Crippen LogP contribution in [0.15, 0.2) is 54.6 Å². The molecule has 2 aromatic carbocycles. The van der Waals surface area contributed by atoms with Crippen molar-refractivity contribution in [2.75, 3.05) is 6.61 Å². The van der Waals surface area contributed by atoms with E-state index in [0.29, 0.717) is 19.3 Å². The number of hydrogen-bond donors (Lipinski definition) is 1. The predicted molar refractivity (Wildman–Crippen MR) is 90.6 cm³/mol. The summed E-state index contributed by atoms with van der Waals surface area (Å²) in [6.07, 6.45) is 4.66. The Bertz CT molecular complexity index is 591. The lowest BCUT2D eigenvalue weighted by atomic mass is 9.79. The molecular formula is C20H24O3. The van der Waals surface area contributed by atoms with Crippen LogP contribution in [-0.4, -0.2) is 17.8 Å². The van der Waals surface area contributed by atoms with E-state index < -0.39 is 0 Å². The van der Waals surface area contributed by atoms with E-state index in [2.05, 4.69) is 6.07 Å². The van der Waals surface area contributed by atoms with Gasteiger partial charge in [-0.1, -0.05) is 30.3 Å². The Morgan fingerprint density at radius 2 is 1.74 bits per heavy atom. The van der Waals surface area contributed by atoms with Crippen molar-refractivity contribution in [3.63, 3.8) is 0 Å². The van der Waals surface area contributed by atoms with Crippen molar-refractivity contribution in [3.05, 3.63) is 60.2 Å². The average molecular weight is 312 g/mol. The highest BCUT2D eigenvalue weighted by Crippen LogP contribution is 2.34. The normalized spacial score (nSPS) is 20.0. The Morgan fingerprint density at radius 1 is 0.957 bits per heavy atom. The van der Waals surface area contributed by atoms with E-state index in [9.17, 15) is 0 Å². The lowest BCUT2D eigenvalue weighted by Gasteiger charge is -2.35. The maximum Gasteiger partial charge on any atom is 0.127 e. The first-order chi connectivity index (χ1) is 11.3. The second kappa shape index (κ2) is 8.14. The third kappa shape index (κ3) is 4.81. The molecule has 1 saturated carbocycles. The molecule has 0 spiro atoms. The maximum absolute atomic E-state index is 8.84. The Labute approximate surface area is 137 Å². The van der Waals surface area contributed by atoms with Crippen LogP contribution < -0.4 is 4.74 Å². The molecule has 1 aliphatic rings. The van der Waals surface area contributed by atoms with E-state index in [-0.39, 0.29) is 0 Å². The van der Waals surface area contributed by atoms with E-state index in [1.165, 1.54) is 0 Å². The largest absolute Gasteiger partial charge is 0.457 e. The summed E-state index contributed by atoms with van der Waals surface area (Å²) in [6.45, 7) is 0.930. The Balaban J connectivity index is 1.45. The highest BCUT2D eigenvalue weighted by atomic mass is 16.5. The highest BCUT2D eigenvalue weighted by Gasteiger charge is 2.29. The summed E-state index contributed by atoms with van der Waals surface area (Å²) in [5.74, 6) is 2.42. The first-order valence-corrected chi connectivity index (χ1v) is 8.38. The van der Waals surface area contributed by atoms with Crippen LogP contribution in [0.5, 0.6) is 11.5 Å². The fourth-order valence-electron chi connectivity index (χ4n) is 2.96. The summed E-state index contributed by atoms with van der Waals surface area (Å²) >= 11 is 0. The monoisotopic (exact) mass is 312 g/mol. The second-order valence-corrected chi connectivity index (χ2v) is 6.20. The van der Waals surface area contributed by atoms with E-state index in [4.69, 9.17) is 14.6 Å². The van der Waals surface area contributed by atoms with Crippen LogP contribution in [-0.2, 0) is 11.3 Å². The number of rotatable bonds is 8. The topological polar surface area (TPSA) is 38.7 Å². The molecule has 2 aromatic rings. The van der Waals surface area contributed by atoms with Crippen molar-refractivity contribution in [1.82, 2.24) is 0 Å². The molecule has 0 aromatic heterocycles. The number of aliphatic hydroxyl groups is 1. The summed E-state index contributed by atoms with van der Waals surface area (Å²) in [7, 11) is 0. The zero-order valence-electron chi connectivity index (χ0n) is 13.4. The minimum Gasteiger partial charge on any atom is -0.457 e. The molecule has 1 N–H and O–H groups in total. The molecule has 3 heteroatoms. The molecule has 0 aliphatic heterocycles. The zero-order valence-corrected chi connectivity index (χ0v) is 13.4. The first-order valence-electron chi connectivity index (χ1n) is 8.38. The van der Waals surface area contributed by atoms with Gasteiger partial charge >= 0.3 is 0 Å². The smallest absolute Gasteiger partial charge is 0.127 e. The van der Waals surface area contributed by atoms with Gasteiger partial charge in [-0.25, -0.2) is 0 Å². The van der Waals surface area contributed by atoms with Gasteiger partial charge in [-0.05, 0) is 61.4 Å². The lowest BCUT2D eigenvalue weighted by Crippen LogP contribution is -2.31. The van der Waals surface area contributed by atoms with Gasteiger partial charge in [-0.2, -0.15) is 0 Å². The Hall–Kier alpha value is -1.84. The van der Waals surface area contributed by atoms with Crippen molar-refractivity contribution in [1.29, 1.82) is 0 Å². The van der Waals surface area contributed by atoms with Crippen LogP contribution in [0.25, 0.3) is 0 Å². The van der Waals surface area contributed by atoms with Gasteiger partial charge in [-0.3, -0.25) is 0 Å². The molecule has 0 bridgehead atoms. The van der Waals surface area contributed by atoms with E-state index >= 15 is 0 Å². The van der Waals surface area contributed by atoms with Crippen LogP contribution in [0.2, 0.25) is 0 Å². The van der Waals surface area contributed by atoms with Gasteiger partial charge in [0, 0.05) is 6.61 Å². The van der Waals surface area contributed by atoms with Crippen LogP contribution in [0.4, 0.5) is 0 Å². The molecule has 1 fully saturated rings. The van der Waals surface area contributed by atoms with Gasteiger partial charge in [0.05, 0.1) is 12.7 Å². The third-order valence-electron chi connectivity index (χ3n) is 4.33. The van der Waals surface area contributed by atoms with Gasteiger partial charge in [0.25, 0.3) is 0 Å². The lowest BCUT2D eigenvalue weighted by molar-refractivity contribution is -0.0432. The van der Waals surface area contributed by atoms with E-state index in [1.54, 1.807) is 0 Å². The summed E-state index contributed by atoms with van der Waals surface area (Å²) in [5.41, 5.74) is 1.14. The van der Waals surface area contributed by atoms with Crippen molar-refractivity contribution in [3.8, 4) is 11.5 Å². The van der Waals surface area contributed by atoms with Crippen molar-refractivity contribution in [2.45, 2.75) is 38.4 Å². The summed E-state index contributed by atoms with van der Waals surface area (Å²) < 4.78 is 11.8. The van der Waals surface area contributed by atoms with Crippen molar-refractivity contribution >= 4 is 0 Å². The quantitative estimate of drug-likeness (QED) is 0.777. The fraction of sp³-hybridized carbons (Fsp3) is 0.400. The van der Waals surface area contributed by atoms with Crippen molar-refractivity contribution < 1.29 is 14.6 Å². The molecule has 0 heterocycles. The minimum atomic E-state index is 0.302. The van der Waals surface area contributed by atoms with Gasteiger partial charge in [0.2, 0.25) is 0 Å². The molecule has 1 aliphatic carbocycles. The van der Waals surface area contributed by atoms with Gasteiger partial charge < -0.3 is 14.6 Å². The highest BCUT2D eigenvalue weighted by molar-refractivity contribution is 5.33. The molecule has 23 heavy (non-hydrogen) atoms. The predicted octanol–water partition coefficient (Wildman–Crippen LogP) is 4.55. The van der Waals surface area contributed by atoms with Gasteiger partial charge in [0.1, 0.15) is 11.5 Å². The molecule has 0 amide bonds. The third-order valence-corrected chi connectivity index (χ3v) is 4.33. The zero-order chi connectivity index (χ0) is 15.9. The molecule has 3 nitrogen and oxygen atoms in total. The standard InChI is InChI=1S/C20H24O3/c21-11-5-7-16-12-20(13-16)22-15-17-6-4-10-19(14-17)23-18-8-2-1-3-9-18/h1-4,6,8-10,14,16,20-21H,5,7,11-13,15H2. The summed E-state index contributed by atoms with van der Waals surface area (Å²) in [5, 5.41) is 8.84. The molecule has 0 unspecified atom stereocenters. The van der Waals surface area contributed by atoms with Gasteiger partial charge in [-0.15, -0.1) is 0 Å². The Kier molecular flexibility index (Phi) is 5.67. The molecule has 0 atom stereocenters. The van der Waals surface area contributed by atoms with Crippen molar-refractivity contribution in [2.24, 2.45) is 5.92 Å². The van der Waals surface area contributed by atoms with Gasteiger partial charge in [0.15, 0.2) is 0 Å². The number of aliphatic hydroxyl groups excluding tert-OH is 1. The van der Waals surface area contributed by atoms with E-state index in [0.717, 1.165) is 48.7 Å². The average Bonchev–Trinajstić information content (AvgIpc) is 2.54.